The van der Waals surface area contributed by atoms with Gasteiger partial charge >= 0.3 is 0 Å². The lowest BCUT2D eigenvalue weighted by Gasteiger charge is -2.10. The first-order valence-electron chi connectivity index (χ1n) is 6.37. The summed E-state index contributed by atoms with van der Waals surface area (Å²) in [5.74, 6) is -0.398. The van der Waals surface area contributed by atoms with Gasteiger partial charge in [0.2, 0.25) is 5.91 Å². The molecule has 0 unspecified atom stereocenters. The van der Waals surface area contributed by atoms with Gasteiger partial charge in [0, 0.05) is 12.6 Å². The van der Waals surface area contributed by atoms with E-state index in [1.165, 1.54) is 6.08 Å². The fourth-order valence-corrected chi connectivity index (χ4v) is 1.55. The minimum atomic E-state index is -0.226. The molecular formula is C15H20N2O2. The van der Waals surface area contributed by atoms with Crippen LogP contribution in [0.2, 0.25) is 0 Å². The van der Waals surface area contributed by atoms with Crippen molar-refractivity contribution in [3.63, 3.8) is 0 Å². The molecule has 2 N–H and O–H groups in total. The number of amides is 2. The van der Waals surface area contributed by atoms with Gasteiger partial charge in [-0.2, -0.15) is 0 Å². The first-order valence-corrected chi connectivity index (χ1v) is 6.37. The number of rotatable bonds is 5. The minimum Gasteiger partial charge on any atom is -0.352 e. The van der Waals surface area contributed by atoms with Crippen LogP contribution in [0, 0.1) is 0 Å². The van der Waals surface area contributed by atoms with Crippen LogP contribution in [-0.4, -0.2) is 18.4 Å². The minimum absolute atomic E-state index is 0.171. The summed E-state index contributed by atoms with van der Waals surface area (Å²) in [6.07, 6.45) is 2.37. The van der Waals surface area contributed by atoms with E-state index in [0.717, 1.165) is 12.0 Å². The van der Waals surface area contributed by atoms with E-state index >= 15 is 0 Å². The molecule has 0 saturated carbocycles. The number of hydrogen-bond donors (Lipinski definition) is 2. The van der Waals surface area contributed by atoms with E-state index in [9.17, 15) is 9.59 Å². The van der Waals surface area contributed by atoms with Gasteiger partial charge < -0.3 is 10.6 Å². The zero-order chi connectivity index (χ0) is 14.3. The molecule has 0 radical (unpaired) electrons. The van der Waals surface area contributed by atoms with E-state index in [4.69, 9.17) is 0 Å². The van der Waals surface area contributed by atoms with Crippen LogP contribution in [-0.2, 0) is 4.79 Å². The molecule has 0 aliphatic heterocycles. The molecule has 0 spiro atoms. The van der Waals surface area contributed by atoms with Crippen molar-refractivity contribution in [1.29, 1.82) is 0 Å². The Labute approximate surface area is 113 Å². The second kappa shape index (κ2) is 7.36. The molecule has 2 amide bonds. The van der Waals surface area contributed by atoms with E-state index in [1.807, 2.05) is 20.8 Å². The summed E-state index contributed by atoms with van der Waals surface area (Å²) >= 11 is 0. The number of para-hydroxylation sites is 1. The summed E-state index contributed by atoms with van der Waals surface area (Å²) in [4.78, 5) is 23.6. The molecule has 1 aromatic rings. The SMILES string of the molecule is CCCNC(=O)c1ccccc1NC(=O)C=C(C)C. The van der Waals surface area contributed by atoms with Crippen LogP contribution in [0.25, 0.3) is 0 Å². The summed E-state index contributed by atoms with van der Waals surface area (Å²) in [5.41, 5.74) is 1.91. The summed E-state index contributed by atoms with van der Waals surface area (Å²) in [6.45, 7) is 6.30. The molecule has 0 aliphatic rings. The smallest absolute Gasteiger partial charge is 0.253 e. The normalized spacial score (nSPS) is 9.63. The van der Waals surface area contributed by atoms with Gasteiger partial charge in [-0.3, -0.25) is 9.59 Å². The predicted octanol–water partition coefficient (Wildman–Crippen LogP) is 2.73. The quantitative estimate of drug-likeness (QED) is 0.800. The number of carbonyl (C=O) groups is 2. The van der Waals surface area contributed by atoms with Crippen molar-refractivity contribution in [3.8, 4) is 0 Å². The first-order chi connectivity index (χ1) is 9.04. The topological polar surface area (TPSA) is 58.2 Å². The number of allylic oxidation sites excluding steroid dienone is 1. The van der Waals surface area contributed by atoms with Gasteiger partial charge in [-0.05, 0) is 32.4 Å². The van der Waals surface area contributed by atoms with Crippen LogP contribution in [0.3, 0.4) is 0 Å². The molecule has 19 heavy (non-hydrogen) atoms. The van der Waals surface area contributed by atoms with Gasteiger partial charge in [0.05, 0.1) is 11.3 Å². The highest BCUT2D eigenvalue weighted by atomic mass is 16.2. The van der Waals surface area contributed by atoms with Crippen molar-refractivity contribution in [2.75, 3.05) is 11.9 Å². The van der Waals surface area contributed by atoms with Crippen molar-refractivity contribution in [3.05, 3.63) is 41.5 Å². The monoisotopic (exact) mass is 260 g/mol. The number of nitrogens with one attached hydrogen (secondary N) is 2. The second-order valence-electron chi connectivity index (χ2n) is 4.51. The molecule has 0 saturated heterocycles. The molecule has 0 aromatic heterocycles. The summed E-state index contributed by atoms with van der Waals surface area (Å²) in [6, 6.07) is 6.98. The molecule has 0 atom stereocenters. The standard InChI is InChI=1S/C15H20N2O2/c1-4-9-16-15(19)12-7-5-6-8-13(12)17-14(18)10-11(2)3/h5-8,10H,4,9H2,1-3H3,(H,16,19)(H,17,18). The van der Waals surface area contributed by atoms with Gasteiger partial charge in [-0.1, -0.05) is 24.6 Å². The van der Waals surface area contributed by atoms with Gasteiger partial charge in [-0.25, -0.2) is 0 Å². The highest BCUT2D eigenvalue weighted by Crippen LogP contribution is 2.15. The summed E-state index contributed by atoms with van der Waals surface area (Å²) in [7, 11) is 0. The van der Waals surface area contributed by atoms with E-state index < -0.39 is 0 Å². The van der Waals surface area contributed by atoms with Crippen LogP contribution < -0.4 is 10.6 Å². The Balaban J connectivity index is 2.87. The Morgan fingerprint density at radius 1 is 1.21 bits per heavy atom. The van der Waals surface area contributed by atoms with Gasteiger partial charge in [0.25, 0.3) is 5.91 Å². The van der Waals surface area contributed by atoms with Crippen LogP contribution in [0.1, 0.15) is 37.6 Å². The Morgan fingerprint density at radius 2 is 1.89 bits per heavy atom. The van der Waals surface area contributed by atoms with Crippen LogP contribution in [0.15, 0.2) is 35.9 Å². The van der Waals surface area contributed by atoms with Crippen molar-refractivity contribution < 1.29 is 9.59 Å². The van der Waals surface area contributed by atoms with Crippen LogP contribution >= 0.6 is 0 Å². The summed E-state index contributed by atoms with van der Waals surface area (Å²) < 4.78 is 0. The van der Waals surface area contributed by atoms with Crippen molar-refractivity contribution in [2.45, 2.75) is 27.2 Å². The molecule has 0 fully saturated rings. The third-order valence-electron chi connectivity index (χ3n) is 2.38. The van der Waals surface area contributed by atoms with E-state index in [0.29, 0.717) is 17.8 Å². The van der Waals surface area contributed by atoms with Crippen molar-refractivity contribution in [2.24, 2.45) is 0 Å². The molecule has 4 nitrogen and oxygen atoms in total. The molecule has 1 rings (SSSR count). The second-order valence-corrected chi connectivity index (χ2v) is 4.51. The van der Waals surface area contributed by atoms with Crippen molar-refractivity contribution >= 4 is 17.5 Å². The Morgan fingerprint density at radius 3 is 2.53 bits per heavy atom. The fourth-order valence-electron chi connectivity index (χ4n) is 1.55. The molecule has 0 aliphatic carbocycles. The van der Waals surface area contributed by atoms with Crippen LogP contribution in [0.4, 0.5) is 5.69 Å². The molecule has 0 heterocycles. The zero-order valence-electron chi connectivity index (χ0n) is 11.6. The Kier molecular flexibility index (Phi) is 5.79. The Hall–Kier alpha value is -2.10. The maximum absolute atomic E-state index is 12.0. The Bertz CT molecular complexity index is 489. The van der Waals surface area contributed by atoms with Gasteiger partial charge in [0.15, 0.2) is 0 Å². The highest BCUT2D eigenvalue weighted by Gasteiger charge is 2.11. The maximum Gasteiger partial charge on any atom is 0.253 e. The van der Waals surface area contributed by atoms with Gasteiger partial charge in [-0.15, -0.1) is 0 Å². The molecular weight excluding hydrogens is 240 g/mol. The summed E-state index contributed by atoms with van der Waals surface area (Å²) in [5, 5.41) is 5.52. The number of carbonyl (C=O) groups excluding carboxylic acids is 2. The third-order valence-corrected chi connectivity index (χ3v) is 2.38. The highest BCUT2D eigenvalue weighted by molar-refractivity contribution is 6.06. The van der Waals surface area contributed by atoms with Crippen LogP contribution in [0.5, 0.6) is 0 Å². The zero-order valence-corrected chi connectivity index (χ0v) is 11.6. The molecule has 1 aromatic carbocycles. The number of hydrogen-bond acceptors (Lipinski definition) is 2. The maximum atomic E-state index is 12.0. The first kappa shape index (κ1) is 15.0. The van der Waals surface area contributed by atoms with E-state index in [1.54, 1.807) is 24.3 Å². The van der Waals surface area contributed by atoms with Crippen molar-refractivity contribution in [1.82, 2.24) is 5.32 Å². The molecule has 102 valence electrons. The van der Waals surface area contributed by atoms with E-state index in [2.05, 4.69) is 10.6 Å². The predicted molar refractivity (Wildman–Crippen MR) is 77.1 cm³/mol. The average Bonchev–Trinajstić information content (AvgIpc) is 2.35. The lowest BCUT2D eigenvalue weighted by molar-refractivity contribution is -0.111. The molecule has 0 bridgehead atoms. The molecule has 4 heteroatoms. The number of benzene rings is 1. The lowest BCUT2D eigenvalue weighted by atomic mass is 10.1. The van der Waals surface area contributed by atoms with Gasteiger partial charge in [0.1, 0.15) is 0 Å². The van der Waals surface area contributed by atoms with E-state index in [-0.39, 0.29) is 11.8 Å². The third kappa shape index (κ3) is 4.95. The number of anilines is 1. The average molecular weight is 260 g/mol. The largest absolute Gasteiger partial charge is 0.352 e. The lowest BCUT2D eigenvalue weighted by Crippen LogP contribution is -2.25. The fraction of sp³-hybridized carbons (Fsp3) is 0.333.